The van der Waals surface area contributed by atoms with Crippen molar-refractivity contribution in [1.82, 2.24) is 9.13 Å². The van der Waals surface area contributed by atoms with Crippen LogP contribution in [0.1, 0.15) is 54.4 Å². The lowest BCUT2D eigenvalue weighted by Gasteiger charge is -2.35. The van der Waals surface area contributed by atoms with E-state index in [0.29, 0.717) is 51.5 Å². The fraction of sp³-hybridized carbons (Fsp3) is 0.500. The number of thiophene rings is 1. The molecule has 2 aromatic heterocycles. The Morgan fingerprint density at radius 1 is 1.17 bits per heavy atom. The fourth-order valence-corrected chi connectivity index (χ4v) is 6.33. The summed E-state index contributed by atoms with van der Waals surface area (Å²) in [6.07, 6.45) is 1.75. The largest absolute Gasteiger partial charge is 0.462 e. The summed E-state index contributed by atoms with van der Waals surface area (Å²) in [5.41, 5.74) is 0.622. The topological polar surface area (TPSA) is 90.5 Å². The lowest BCUT2D eigenvalue weighted by molar-refractivity contribution is 0.0531. The maximum Gasteiger partial charge on any atom is 0.348 e. The van der Waals surface area contributed by atoms with Gasteiger partial charge < -0.3 is 9.53 Å². The molecule has 0 saturated carbocycles. The number of carbonyl (C=O) groups is 1. The van der Waals surface area contributed by atoms with Gasteiger partial charge in [-0.3, -0.25) is 13.9 Å². The maximum absolute atomic E-state index is 13.6. The van der Waals surface area contributed by atoms with Crippen LogP contribution in [0.25, 0.3) is 10.2 Å². The first-order chi connectivity index (χ1) is 16.8. The zero-order valence-corrected chi connectivity index (χ0v) is 24.4. The Kier molecular flexibility index (Phi) is 8.70. The first-order valence-electron chi connectivity index (χ1n) is 12.2. The van der Waals surface area contributed by atoms with Crippen molar-refractivity contribution in [1.29, 1.82) is 0 Å². The molecule has 1 N–H and O–H groups in total. The third kappa shape index (κ3) is 5.69. The summed E-state index contributed by atoms with van der Waals surface area (Å²) in [7, 11) is -2.42. The lowest BCUT2D eigenvalue weighted by Crippen LogP contribution is -2.41. The molecule has 3 aromatic rings. The van der Waals surface area contributed by atoms with Gasteiger partial charge in [0.2, 0.25) is 0 Å². The van der Waals surface area contributed by atoms with Crippen LogP contribution in [0.5, 0.6) is 0 Å². The van der Waals surface area contributed by atoms with Crippen molar-refractivity contribution < 1.29 is 14.3 Å². The zero-order chi connectivity index (χ0) is 26.8. The molecule has 0 saturated heterocycles. The van der Waals surface area contributed by atoms with Crippen molar-refractivity contribution in [3.05, 3.63) is 66.1 Å². The summed E-state index contributed by atoms with van der Waals surface area (Å²) in [4.78, 5) is 51.2. The highest BCUT2D eigenvalue weighted by molar-refractivity contribution is 7.20. The number of fused-ring (bicyclic) bond motifs is 1. The van der Waals surface area contributed by atoms with Crippen LogP contribution in [0.4, 0.5) is 0 Å². The van der Waals surface area contributed by atoms with Crippen LogP contribution in [0.2, 0.25) is 23.2 Å². The molecule has 2 heterocycles. The molecule has 0 amide bonds. The summed E-state index contributed by atoms with van der Waals surface area (Å²) >= 11 is 7.46. The van der Waals surface area contributed by atoms with Crippen LogP contribution in [0, 0.1) is 6.92 Å². The van der Waals surface area contributed by atoms with E-state index in [2.05, 4.69) is 0 Å². The predicted molar refractivity (Wildman–Crippen MR) is 149 cm³/mol. The molecule has 10 heteroatoms. The van der Waals surface area contributed by atoms with Gasteiger partial charge in [0, 0.05) is 18.1 Å². The van der Waals surface area contributed by atoms with Gasteiger partial charge in [-0.2, -0.15) is 0 Å². The first kappa shape index (κ1) is 28.4. The van der Waals surface area contributed by atoms with E-state index in [0.717, 1.165) is 16.9 Å². The molecule has 7 nitrogen and oxygen atoms in total. The Morgan fingerprint density at radius 2 is 1.83 bits per heavy atom. The first-order valence-corrected chi connectivity index (χ1v) is 16.3. The van der Waals surface area contributed by atoms with Gasteiger partial charge >= 0.3 is 11.7 Å². The molecule has 0 aliphatic rings. The number of nitrogens with zero attached hydrogens (tertiary/aromatic N) is 2. The number of benzene rings is 1. The van der Waals surface area contributed by atoms with Crippen molar-refractivity contribution in [3.63, 3.8) is 0 Å². The molecule has 3 rings (SSSR count). The minimum atomic E-state index is -2.42. The Balaban J connectivity index is 2.09. The summed E-state index contributed by atoms with van der Waals surface area (Å²) in [5.74, 6) is -0.496. The second-order valence-electron chi connectivity index (χ2n) is 10.2. The number of aromatic nitrogens is 2. The normalized spacial score (nSPS) is 12.3. The minimum Gasteiger partial charge on any atom is -0.462 e. The number of halogens is 1. The zero-order valence-electron chi connectivity index (χ0n) is 21.8. The highest BCUT2D eigenvalue weighted by Crippen LogP contribution is 2.39. The molecule has 0 bridgehead atoms. The molecule has 0 fully saturated rings. The van der Waals surface area contributed by atoms with Crippen molar-refractivity contribution in [3.8, 4) is 0 Å². The number of carbonyl (C=O) groups excluding carboxylic acids is 1. The van der Waals surface area contributed by atoms with E-state index in [4.69, 9.17) is 16.3 Å². The van der Waals surface area contributed by atoms with Gasteiger partial charge in [-0.05, 0) is 68.4 Å². The van der Waals surface area contributed by atoms with Gasteiger partial charge in [0.15, 0.2) is 8.32 Å². The third-order valence-electron chi connectivity index (χ3n) is 7.16. The smallest absolute Gasteiger partial charge is 0.348 e. The monoisotopic (exact) mass is 550 g/mol. The number of aryl methyl sites for hydroxylation is 3. The van der Waals surface area contributed by atoms with E-state index in [9.17, 15) is 19.2 Å². The van der Waals surface area contributed by atoms with E-state index in [1.807, 2.05) is 45.1 Å². The summed E-state index contributed by atoms with van der Waals surface area (Å²) < 4.78 is 8.04. The second-order valence-corrected chi connectivity index (χ2v) is 16.1. The Bertz CT molecular complexity index is 1380. The van der Waals surface area contributed by atoms with Gasteiger partial charge in [-0.1, -0.05) is 43.6 Å². The molecular formula is C26H35ClN2O5SSi. The van der Waals surface area contributed by atoms with Gasteiger partial charge in [-0.15, -0.1) is 11.3 Å². The third-order valence-corrected chi connectivity index (χ3v) is 12.4. The molecule has 0 spiro atoms. The Hall–Kier alpha value is -2.20. The maximum atomic E-state index is 13.6. The van der Waals surface area contributed by atoms with Crippen LogP contribution in [-0.4, -0.2) is 34.8 Å². The van der Waals surface area contributed by atoms with Crippen molar-refractivity contribution in [2.45, 2.75) is 78.2 Å². The molecule has 0 radical (unpaired) electrons. The summed E-state index contributed by atoms with van der Waals surface area (Å²) in [6, 6.07) is 7.45. The van der Waals surface area contributed by atoms with Crippen LogP contribution in [0.15, 0.2) is 33.9 Å². The fourth-order valence-electron chi connectivity index (χ4n) is 4.10. The molecular weight excluding hydrogens is 516 g/mol. The average Bonchev–Trinajstić information content (AvgIpc) is 3.13. The highest BCUT2D eigenvalue weighted by Gasteiger charge is 2.37. The van der Waals surface area contributed by atoms with Crippen molar-refractivity contribution in [2.24, 2.45) is 0 Å². The van der Waals surface area contributed by atoms with Crippen LogP contribution in [-0.2, 0) is 24.2 Å². The molecule has 36 heavy (non-hydrogen) atoms. The number of rotatable bonds is 10. The van der Waals surface area contributed by atoms with Crippen LogP contribution in [0.3, 0.4) is 0 Å². The molecule has 196 valence electrons. The number of hydrogen-bond acceptors (Lipinski definition) is 6. The van der Waals surface area contributed by atoms with Crippen molar-refractivity contribution in [2.75, 3.05) is 6.61 Å². The van der Waals surface area contributed by atoms with E-state index in [-0.39, 0.29) is 18.2 Å². The predicted octanol–water partition coefficient (Wildman–Crippen LogP) is 5.36. The summed E-state index contributed by atoms with van der Waals surface area (Å²) in [5, 5.41) is 0.722. The second kappa shape index (κ2) is 11.0. The van der Waals surface area contributed by atoms with E-state index in [1.54, 1.807) is 24.5 Å². The Labute approximate surface area is 221 Å². The van der Waals surface area contributed by atoms with E-state index in [1.165, 1.54) is 4.57 Å². The van der Waals surface area contributed by atoms with Gasteiger partial charge in [0.25, 0.3) is 5.56 Å². The van der Waals surface area contributed by atoms with Crippen molar-refractivity contribution >= 4 is 47.4 Å². The molecule has 0 atom stereocenters. The lowest BCUT2D eigenvalue weighted by atomic mass is 10.1. The van der Waals surface area contributed by atoms with Gasteiger partial charge in [-0.25, -0.2) is 9.59 Å². The molecule has 0 unspecified atom stereocenters. The average molecular weight is 551 g/mol. The number of ether oxygens (including phenoxy) is 1. The minimum absolute atomic E-state index is 0.219. The number of esters is 1. The van der Waals surface area contributed by atoms with E-state index >= 15 is 0 Å². The molecule has 1 aromatic carbocycles. The molecule has 0 aliphatic heterocycles. The quantitative estimate of drug-likeness (QED) is 0.271. The Morgan fingerprint density at radius 3 is 2.44 bits per heavy atom. The van der Waals surface area contributed by atoms with E-state index < -0.39 is 25.5 Å². The highest BCUT2D eigenvalue weighted by atomic mass is 35.5. The standard InChI is InChI=1S/C26H35ClN2O5SSi/c1-7-34-24(31)21-17(2)20-22(30)28(15-10-14-26(3,4)36(5,6)33)25(32)29(23(20)35-21)16-13-18-11-8-9-12-19(18)27/h8-9,11-12,33H,7,10,13-16H2,1-6H3. The number of hydrogen-bond donors (Lipinski definition) is 1. The van der Waals surface area contributed by atoms with Gasteiger partial charge in [0.05, 0.1) is 12.0 Å². The molecule has 0 aliphatic carbocycles. The van der Waals surface area contributed by atoms with Crippen LogP contribution >= 0.6 is 22.9 Å². The van der Waals surface area contributed by atoms with Gasteiger partial charge in [0.1, 0.15) is 9.71 Å². The SMILES string of the molecule is CCOC(=O)c1sc2c(c1C)c(=O)n(CCCC(C)(C)[Si](C)(C)O)c(=O)n2CCc1ccccc1Cl. The van der Waals surface area contributed by atoms with Crippen LogP contribution < -0.4 is 11.2 Å². The summed E-state index contributed by atoms with van der Waals surface area (Å²) in [6.45, 7) is 12.1.